The Bertz CT molecular complexity index is 391. The van der Waals surface area contributed by atoms with Crippen molar-refractivity contribution in [1.82, 2.24) is 4.98 Å². The molecule has 1 aromatic heterocycles. The minimum absolute atomic E-state index is 0.566. The van der Waals surface area contributed by atoms with Gasteiger partial charge in [0.1, 0.15) is 10.9 Å². The Morgan fingerprint density at radius 3 is 2.93 bits per heavy atom. The van der Waals surface area contributed by atoms with Crippen LogP contribution in [0.3, 0.4) is 0 Å². The molecule has 0 amide bonds. The molecule has 0 radical (unpaired) electrons. The lowest BCUT2D eigenvalue weighted by molar-refractivity contribution is 0.484. The molecular formula is C11H15N3S. The van der Waals surface area contributed by atoms with Gasteiger partial charge < -0.3 is 4.90 Å². The van der Waals surface area contributed by atoms with Crippen molar-refractivity contribution in [2.24, 2.45) is 0 Å². The number of hydrogen-bond donors (Lipinski definition) is 0. The molecule has 0 saturated carbocycles. The van der Waals surface area contributed by atoms with Gasteiger partial charge in [-0.3, -0.25) is 0 Å². The van der Waals surface area contributed by atoms with Crippen LogP contribution < -0.4 is 4.90 Å². The van der Waals surface area contributed by atoms with Crippen LogP contribution in [-0.4, -0.2) is 17.6 Å². The minimum Gasteiger partial charge on any atom is -0.345 e. The van der Waals surface area contributed by atoms with E-state index in [0.717, 1.165) is 22.2 Å². The highest BCUT2D eigenvalue weighted by molar-refractivity contribution is 7.16. The zero-order valence-corrected chi connectivity index (χ0v) is 9.97. The van der Waals surface area contributed by atoms with Gasteiger partial charge in [-0.1, -0.05) is 11.3 Å². The van der Waals surface area contributed by atoms with Crippen LogP contribution >= 0.6 is 11.3 Å². The van der Waals surface area contributed by atoms with Crippen LogP contribution in [0.4, 0.5) is 5.13 Å². The summed E-state index contributed by atoms with van der Waals surface area (Å²) in [4.78, 5) is 7.57. The fourth-order valence-corrected chi connectivity index (χ4v) is 2.98. The molecule has 0 bridgehead atoms. The average molecular weight is 221 g/mol. The van der Waals surface area contributed by atoms with Crippen LogP contribution in [0.5, 0.6) is 0 Å². The first-order chi connectivity index (χ1) is 7.22. The Balaban J connectivity index is 2.25. The lowest BCUT2D eigenvalue weighted by Gasteiger charge is -2.32. The Hall–Kier alpha value is -1.08. The topological polar surface area (TPSA) is 39.9 Å². The van der Waals surface area contributed by atoms with Gasteiger partial charge in [0, 0.05) is 12.6 Å². The van der Waals surface area contributed by atoms with Crippen LogP contribution in [0.1, 0.15) is 36.8 Å². The van der Waals surface area contributed by atoms with Gasteiger partial charge >= 0.3 is 0 Å². The van der Waals surface area contributed by atoms with Crippen molar-refractivity contribution in [2.75, 3.05) is 11.4 Å². The number of aryl methyl sites for hydroxylation is 1. The zero-order valence-electron chi connectivity index (χ0n) is 9.16. The van der Waals surface area contributed by atoms with Gasteiger partial charge in [0.05, 0.1) is 5.69 Å². The van der Waals surface area contributed by atoms with Gasteiger partial charge in [-0.25, -0.2) is 4.98 Å². The summed E-state index contributed by atoms with van der Waals surface area (Å²) in [6, 6.07) is 2.76. The first-order valence-corrected chi connectivity index (χ1v) is 6.18. The van der Waals surface area contributed by atoms with Crippen LogP contribution in [-0.2, 0) is 0 Å². The van der Waals surface area contributed by atoms with Crippen molar-refractivity contribution in [3.05, 3.63) is 10.6 Å². The highest BCUT2D eigenvalue weighted by atomic mass is 32.1. The van der Waals surface area contributed by atoms with Gasteiger partial charge in [0.15, 0.2) is 5.13 Å². The smallest absolute Gasteiger partial charge is 0.187 e. The maximum Gasteiger partial charge on any atom is 0.187 e. The Labute approximate surface area is 94.4 Å². The lowest BCUT2D eigenvalue weighted by atomic mass is 10.1. The van der Waals surface area contributed by atoms with Crippen LogP contribution in [0.2, 0.25) is 0 Å². The summed E-state index contributed by atoms with van der Waals surface area (Å²) in [5, 5.41) is 9.92. The van der Waals surface area contributed by atoms with Crippen molar-refractivity contribution in [3.63, 3.8) is 0 Å². The third kappa shape index (κ3) is 1.98. The largest absolute Gasteiger partial charge is 0.345 e. The lowest BCUT2D eigenvalue weighted by Crippen LogP contribution is -2.37. The molecule has 1 aliphatic rings. The molecule has 15 heavy (non-hydrogen) atoms. The van der Waals surface area contributed by atoms with E-state index in [4.69, 9.17) is 5.26 Å². The molecule has 0 spiro atoms. The summed E-state index contributed by atoms with van der Waals surface area (Å²) >= 11 is 1.52. The van der Waals surface area contributed by atoms with Crippen LogP contribution in [0, 0.1) is 18.3 Å². The summed E-state index contributed by atoms with van der Waals surface area (Å²) < 4.78 is 0. The number of thiazole rings is 1. The minimum atomic E-state index is 0.566. The molecule has 1 fully saturated rings. The highest BCUT2D eigenvalue weighted by Crippen LogP contribution is 2.30. The average Bonchev–Trinajstić information content (AvgIpc) is 2.60. The normalized spacial score (nSPS) is 21.4. The van der Waals surface area contributed by atoms with Crippen molar-refractivity contribution in [1.29, 1.82) is 5.26 Å². The number of rotatable bonds is 1. The predicted octanol–water partition coefficient (Wildman–Crippen LogP) is 2.70. The Morgan fingerprint density at radius 2 is 2.33 bits per heavy atom. The van der Waals surface area contributed by atoms with E-state index in [-0.39, 0.29) is 0 Å². The standard InChI is InChI=1S/C11H15N3S/c1-8-5-3-4-6-14(8)11-13-9(2)10(7-12)15-11/h8H,3-6H2,1-2H3. The first kappa shape index (κ1) is 10.4. The molecular weight excluding hydrogens is 206 g/mol. The summed E-state index contributed by atoms with van der Waals surface area (Å²) in [6.45, 7) is 5.23. The van der Waals surface area contributed by atoms with E-state index < -0.39 is 0 Å². The molecule has 1 aromatic rings. The number of nitriles is 1. The fourth-order valence-electron chi connectivity index (χ4n) is 1.99. The predicted molar refractivity (Wildman–Crippen MR) is 62.2 cm³/mol. The maximum atomic E-state index is 8.90. The van der Waals surface area contributed by atoms with Crippen molar-refractivity contribution < 1.29 is 0 Å². The number of anilines is 1. The van der Waals surface area contributed by atoms with Gasteiger partial charge in [0.2, 0.25) is 0 Å². The molecule has 80 valence electrons. The van der Waals surface area contributed by atoms with E-state index in [1.807, 2.05) is 6.92 Å². The number of aromatic nitrogens is 1. The summed E-state index contributed by atoms with van der Waals surface area (Å²) in [6.07, 6.45) is 3.79. The molecule has 1 unspecified atom stereocenters. The second-order valence-corrected chi connectivity index (χ2v) is 5.04. The highest BCUT2D eigenvalue weighted by Gasteiger charge is 2.22. The number of piperidine rings is 1. The van der Waals surface area contributed by atoms with Gasteiger partial charge in [-0.15, -0.1) is 0 Å². The van der Waals surface area contributed by atoms with Crippen molar-refractivity contribution in [3.8, 4) is 6.07 Å². The third-order valence-corrected chi connectivity index (χ3v) is 4.03. The molecule has 1 atom stereocenters. The van der Waals surface area contributed by atoms with E-state index in [1.54, 1.807) is 0 Å². The molecule has 4 heteroatoms. The molecule has 2 heterocycles. The molecule has 0 aliphatic carbocycles. The number of nitrogens with zero attached hydrogens (tertiary/aromatic N) is 3. The maximum absolute atomic E-state index is 8.90. The second kappa shape index (κ2) is 4.19. The molecule has 3 nitrogen and oxygen atoms in total. The summed E-state index contributed by atoms with van der Waals surface area (Å²) in [7, 11) is 0. The van der Waals surface area contributed by atoms with Crippen LogP contribution in [0.25, 0.3) is 0 Å². The monoisotopic (exact) mass is 221 g/mol. The van der Waals surface area contributed by atoms with Crippen LogP contribution in [0.15, 0.2) is 0 Å². The molecule has 0 N–H and O–H groups in total. The zero-order chi connectivity index (χ0) is 10.8. The summed E-state index contributed by atoms with van der Waals surface area (Å²) in [5.41, 5.74) is 0.871. The number of hydrogen-bond acceptors (Lipinski definition) is 4. The fraction of sp³-hybridized carbons (Fsp3) is 0.636. The molecule has 2 rings (SSSR count). The van der Waals surface area contributed by atoms with E-state index in [0.29, 0.717) is 6.04 Å². The van der Waals surface area contributed by atoms with E-state index in [9.17, 15) is 0 Å². The van der Waals surface area contributed by atoms with Crippen molar-refractivity contribution in [2.45, 2.75) is 39.2 Å². The van der Waals surface area contributed by atoms with Gasteiger partial charge in [-0.05, 0) is 33.1 Å². The Kier molecular flexibility index (Phi) is 2.92. The first-order valence-electron chi connectivity index (χ1n) is 5.36. The van der Waals surface area contributed by atoms with Gasteiger partial charge in [-0.2, -0.15) is 5.26 Å². The van der Waals surface area contributed by atoms with E-state index in [2.05, 4.69) is 22.9 Å². The Morgan fingerprint density at radius 1 is 1.53 bits per heavy atom. The SMILES string of the molecule is Cc1nc(N2CCCCC2C)sc1C#N. The third-order valence-electron chi connectivity index (χ3n) is 2.94. The molecule has 0 aromatic carbocycles. The van der Waals surface area contributed by atoms with Crippen molar-refractivity contribution >= 4 is 16.5 Å². The molecule has 1 aliphatic heterocycles. The second-order valence-electron chi connectivity index (χ2n) is 4.06. The molecule has 1 saturated heterocycles. The van der Waals surface area contributed by atoms with E-state index >= 15 is 0 Å². The van der Waals surface area contributed by atoms with E-state index in [1.165, 1.54) is 30.6 Å². The van der Waals surface area contributed by atoms with Gasteiger partial charge in [0.25, 0.3) is 0 Å². The summed E-state index contributed by atoms with van der Waals surface area (Å²) in [5.74, 6) is 0. The quantitative estimate of drug-likeness (QED) is 0.732.